The van der Waals surface area contributed by atoms with Crippen LogP contribution in [-0.4, -0.2) is 18.3 Å². The van der Waals surface area contributed by atoms with Crippen LogP contribution in [0, 0.1) is 29.5 Å². The molecule has 1 aliphatic heterocycles. The van der Waals surface area contributed by atoms with E-state index in [2.05, 4.69) is 6.07 Å². The van der Waals surface area contributed by atoms with Crippen molar-refractivity contribution in [2.75, 3.05) is 13.2 Å². The minimum atomic E-state index is -0.896. The van der Waals surface area contributed by atoms with Crippen molar-refractivity contribution < 1.29 is 14.2 Å². The van der Waals surface area contributed by atoms with Crippen molar-refractivity contribution in [1.82, 2.24) is 0 Å². The van der Waals surface area contributed by atoms with Gasteiger partial charge >= 0.3 is 0 Å². The second kappa shape index (κ2) is 5.05. The Hall–Kier alpha value is -1.44. The molecule has 3 nitrogen and oxygen atoms in total. The lowest BCUT2D eigenvalue weighted by Gasteiger charge is -2.35. The fraction of sp³-hybridized carbons (Fsp3) is 0.500. The van der Waals surface area contributed by atoms with Gasteiger partial charge < -0.3 is 9.84 Å². The molecule has 4 heteroatoms. The van der Waals surface area contributed by atoms with Gasteiger partial charge in [-0.1, -0.05) is 6.07 Å². The predicted octanol–water partition coefficient (Wildman–Crippen LogP) is 2.49. The van der Waals surface area contributed by atoms with Gasteiger partial charge in [-0.05, 0) is 43.0 Å². The molecule has 0 saturated carbocycles. The van der Waals surface area contributed by atoms with Crippen molar-refractivity contribution in [3.05, 3.63) is 35.1 Å². The number of ether oxygens (including phenoxy) is 1. The maximum absolute atomic E-state index is 13.1. The van der Waals surface area contributed by atoms with Gasteiger partial charge in [-0.25, -0.2) is 4.39 Å². The van der Waals surface area contributed by atoms with Crippen LogP contribution in [0.5, 0.6) is 0 Å². The first kappa shape index (κ1) is 13.0. The molecule has 1 aromatic rings. The number of aliphatic hydroxyl groups is 1. The average molecular weight is 249 g/mol. The van der Waals surface area contributed by atoms with Crippen molar-refractivity contribution >= 4 is 0 Å². The first-order valence-corrected chi connectivity index (χ1v) is 6.02. The Morgan fingerprint density at radius 3 is 2.67 bits per heavy atom. The number of benzene rings is 1. The highest BCUT2D eigenvalue weighted by atomic mass is 19.1. The molecule has 0 amide bonds. The highest BCUT2D eigenvalue weighted by Crippen LogP contribution is 2.42. The van der Waals surface area contributed by atoms with Crippen molar-refractivity contribution in [1.29, 1.82) is 5.26 Å². The van der Waals surface area contributed by atoms with Gasteiger partial charge in [-0.3, -0.25) is 0 Å². The maximum atomic E-state index is 13.1. The first-order valence-electron chi connectivity index (χ1n) is 6.02. The predicted molar refractivity (Wildman–Crippen MR) is 64.2 cm³/mol. The molecule has 1 N–H and O–H groups in total. The summed E-state index contributed by atoms with van der Waals surface area (Å²) in [4.78, 5) is 0. The van der Waals surface area contributed by atoms with Gasteiger partial charge in [0.15, 0.2) is 0 Å². The van der Waals surface area contributed by atoms with Crippen LogP contribution >= 0.6 is 0 Å². The minimum absolute atomic E-state index is 0.332. The van der Waals surface area contributed by atoms with E-state index in [-0.39, 0.29) is 5.82 Å². The lowest BCUT2D eigenvalue weighted by molar-refractivity contribution is -0.0312. The molecular weight excluding hydrogens is 233 g/mol. The summed E-state index contributed by atoms with van der Waals surface area (Å²) in [6, 6.07) is 6.49. The molecule has 1 heterocycles. The second-order valence-corrected chi connectivity index (χ2v) is 4.78. The summed E-state index contributed by atoms with van der Waals surface area (Å²) in [6.45, 7) is 2.70. The summed E-state index contributed by atoms with van der Waals surface area (Å²) >= 11 is 0. The van der Waals surface area contributed by atoms with Gasteiger partial charge in [0.05, 0.1) is 17.6 Å². The number of hydrogen-bond acceptors (Lipinski definition) is 3. The van der Waals surface area contributed by atoms with E-state index in [0.717, 1.165) is 0 Å². The monoisotopic (exact) mass is 249 g/mol. The summed E-state index contributed by atoms with van der Waals surface area (Å²) in [5, 5.41) is 19.8. The molecule has 0 bridgehead atoms. The lowest BCUT2D eigenvalue weighted by Crippen LogP contribution is -2.34. The van der Waals surface area contributed by atoms with Gasteiger partial charge in [0, 0.05) is 13.2 Å². The summed E-state index contributed by atoms with van der Waals surface area (Å²) in [5.74, 6) is -0.332. The van der Waals surface area contributed by atoms with Crippen molar-refractivity contribution in [3.8, 4) is 6.07 Å². The third kappa shape index (κ3) is 2.24. The number of hydrogen-bond donors (Lipinski definition) is 1. The Bertz CT molecular complexity index is 475. The second-order valence-electron chi connectivity index (χ2n) is 4.78. The molecule has 1 aromatic carbocycles. The molecule has 1 fully saturated rings. The fourth-order valence-corrected chi connectivity index (χ4v) is 2.43. The van der Waals surface area contributed by atoms with Gasteiger partial charge in [0.2, 0.25) is 0 Å². The third-order valence-corrected chi connectivity index (χ3v) is 3.66. The Kier molecular flexibility index (Phi) is 3.65. The van der Waals surface area contributed by atoms with Crippen molar-refractivity contribution in [3.63, 3.8) is 0 Å². The molecule has 1 unspecified atom stereocenters. The van der Waals surface area contributed by atoms with Crippen LogP contribution in [0.3, 0.4) is 0 Å². The summed E-state index contributed by atoms with van der Waals surface area (Å²) in [6.07, 6.45) is 0.107. The zero-order chi connectivity index (χ0) is 13.2. The molecule has 1 atom stereocenters. The minimum Gasteiger partial charge on any atom is -0.387 e. The highest BCUT2D eigenvalue weighted by Gasteiger charge is 2.41. The van der Waals surface area contributed by atoms with E-state index < -0.39 is 11.5 Å². The van der Waals surface area contributed by atoms with Crippen molar-refractivity contribution in [2.24, 2.45) is 5.41 Å². The van der Waals surface area contributed by atoms with Crippen LogP contribution in [0.4, 0.5) is 4.39 Å². The summed E-state index contributed by atoms with van der Waals surface area (Å²) in [7, 11) is 0. The van der Waals surface area contributed by atoms with Crippen LogP contribution in [0.25, 0.3) is 0 Å². The molecular formula is C14H16FNO2. The summed E-state index contributed by atoms with van der Waals surface area (Å²) in [5.41, 5.74) is 0.476. The molecule has 2 rings (SSSR count). The number of halogens is 1. The molecule has 0 spiro atoms. The van der Waals surface area contributed by atoms with Crippen molar-refractivity contribution in [2.45, 2.75) is 25.9 Å². The van der Waals surface area contributed by atoms with Crippen LogP contribution in [0.2, 0.25) is 0 Å². The zero-order valence-electron chi connectivity index (χ0n) is 10.3. The fourth-order valence-electron chi connectivity index (χ4n) is 2.43. The molecule has 1 aliphatic rings. The molecule has 0 aliphatic carbocycles. The standard InChI is InChI=1S/C14H16FNO2/c1-10-8-11(15)2-3-12(10)13(17)14(9-16)4-6-18-7-5-14/h2-3,8,13,17H,4-7H2,1H3. The van der Waals surface area contributed by atoms with E-state index in [4.69, 9.17) is 4.74 Å². The SMILES string of the molecule is Cc1cc(F)ccc1C(O)C1(C#N)CCOCC1. The topological polar surface area (TPSA) is 53.2 Å². The van der Waals surface area contributed by atoms with Gasteiger partial charge in [-0.2, -0.15) is 5.26 Å². The van der Waals surface area contributed by atoms with Crippen LogP contribution in [-0.2, 0) is 4.74 Å². The largest absolute Gasteiger partial charge is 0.387 e. The van der Waals surface area contributed by atoms with Crippen LogP contribution in [0.1, 0.15) is 30.1 Å². The van der Waals surface area contributed by atoms with Crippen LogP contribution in [0.15, 0.2) is 18.2 Å². The Labute approximate surface area is 106 Å². The van der Waals surface area contributed by atoms with E-state index in [0.29, 0.717) is 37.2 Å². The zero-order valence-corrected chi connectivity index (χ0v) is 10.3. The maximum Gasteiger partial charge on any atom is 0.123 e. The van der Waals surface area contributed by atoms with Gasteiger partial charge in [-0.15, -0.1) is 0 Å². The number of nitriles is 1. The first-order chi connectivity index (χ1) is 8.59. The normalized spacial score (nSPS) is 20.1. The molecule has 1 saturated heterocycles. The molecule has 96 valence electrons. The number of aryl methyl sites for hydroxylation is 1. The number of aliphatic hydroxyl groups excluding tert-OH is 1. The molecule has 0 aromatic heterocycles. The number of nitrogens with zero attached hydrogens (tertiary/aromatic N) is 1. The Morgan fingerprint density at radius 2 is 2.11 bits per heavy atom. The van der Waals surface area contributed by atoms with E-state index in [1.54, 1.807) is 13.0 Å². The highest BCUT2D eigenvalue weighted by molar-refractivity contribution is 5.31. The quantitative estimate of drug-likeness (QED) is 0.876. The molecule has 18 heavy (non-hydrogen) atoms. The van der Waals surface area contributed by atoms with Gasteiger partial charge in [0.25, 0.3) is 0 Å². The van der Waals surface area contributed by atoms with Crippen LogP contribution < -0.4 is 0 Å². The van der Waals surface area contributed by atoms with E-state index in [1.165, 1.54) is 12.1 Å². The lowest BCUT2D eigenvalue weighted by atomic mass is 9.73. The smallest absolute Gasteiger partial charge is 0.123 e. The van der Waals surface area contributed by atoms with E-state index in [1.807, 2.05) is 0 Å². The molecule has 0 radical (unpaired) electrons. The average Bonchev–Trinajstić information content (AvgIpc) is 2.39. The van der Waals surface area contributed by atoms with E-state index >= 15 is 0 Å². The summed E-state index contributed by atoms with van der Waals surface area (Å²) < 4.78 is 18.3. The van der Waals surface area contributed by atoms with E-state index in [9.17, 15) is 14.8 Å². The third-order valence-electron chi connectivity index (χ3n) is 3.66. The Morgan fingerprint density at radius 1 is 1.44 bits per heavy atom. The van der Waals surface area contributed by atoms with Gasteiger partial charge in [0.1, 0.15) is 5.82 Å². The number of rotatable bonds is 2. The Balaban J connectivity index is 2.34.